The number of thioether (sulfide) groups is 1. The van der Waals surface area contributed by atoms with Crippen molar-refractivity contribution < 1.29 is 14.9 Å². The lowest BCUT2D eigenvalue weighted by molar-refractivity contribution is -0.230. The van der Waals surface area contributed by atoms with Crippen LogP contribution in [0.2, 0.25) is 0 Å². The maximum absolute atomic E-state index is 11.2. The first-order valence-corrected chi connectivity index (χ1v) is 4.86. The summed E-state index contributed by atoms with van der Waals surface area (Å²) >= 11 is 0.900. The molecule has 1 aromatic rings. The molecule has 0 aromatic carbocycles. The van der Waals surface area contributed by atoms with E-state index in [0.717, 1.165) is 16.4 Å². The van der Waals surface area contributed by atoms with E-state index < -0.39 is 11.5 Å². The van der Waals surface area contributed by atoms with Crippen LogP contribution in [0.15, 0.2) is 16.0 Å². The smallest absolute Gasteiger partial charge is 0.334 e. The monoisotopic (exact) mass is 231 g/mol. The molecule has 0 bridgehead atoms. The minimum atomic E-state index is -0.837. The van der Waals surface area contributed by atoms with E-state index in [1.165, 1.54) is 6.07 Å². The highest BCUT2D eigenvalue weighted by atomic mass is 32.2. The quantitative estimate of drug-likeness (QED) is 0.234. The fraction of sp³-hybridized carbons (Fsp3) is 0.286. The highest BCUT2D eigenvalue weighted by Crippen LogP contribution is 2.12. The number of aryl methyl sites for hydroxylation is 1. The summed E-state index contributed by atoms with van der Waals surface area (Å²) in [6.07, 6.45) is 0. The molecule has 0 aliphatic carbocycles. The van der Waals surface area contributed by atoms with Crippen molar-refractivity contribution in [1.82, 2.24) is 9.66 Å². The number of rotatable bonds is 3. The van der Waals surface area contributed by atoms with Gasteiger partial charge in [0, 0.05) is 11.8 Å². The van der Waals surface area contributed by atoms with Crippen LogP contribution < -0.4 is 11.4 Å². The molecular weight excluding hydrogens is 222 g/mol. The van der Waals surface area contributed by atoms with Gasteiger partial charge in [0.05, 0.1) is 0 Å². The van der Waals surface area contributed by atoms with Gasteiger partial charge in [0.2, 0.25) is 0 Å². The maximum atomic E-state index is 11.2. The zero-order valence-corrected chi connectivity index (χ0v) is 8.65. The summed E-state index contributed by atoms with van der Waals surface area (Å²) in [5.41, 5.74) is 0.0870. The number of hydrogen-bond donors (Lipinski definition) is 2. The SMILES string of the molecule is Cc1cc(=O)n(N)c(SCC(=O)OO)n1. The van der Waals surface area contributed by atoms with Gasteiger partial charge in [-0.1, -0.05) is 11.8 Å². The van der Waals surface area contributed by atoms with Crippen LogP contribution in [0, 0.1) is 6.92 Å². The lowest BCUT2D eigenvalue weighted by Gasteiger charge is -2.05. The van der Waals surface area contributed by atoms with Crippen molar-refractivity contribution >= 4 is 17.7 Å². The Morgan fingerprint density at radius 1 is 1.80 bits per heavy atom. The molecule has 0 aliphatic heterocycles. The van der Waals surface area contributed by atoms with Crippen molar-refractivity contribution in [3.05, 3.63) is 22.1 Å². The topological polar surface area (TPSA) is 107 Å². The van der Waals surface area contributed by atoms with Gasteiger partial charge in [0.1, 0.15) is 5.75 Å². The molecule has 0 fully saturated rings. The number of hydrogen-bond acceptors (Lipinski definition) is 7. The van der Waals surface area contributed by atoms with Crippen molar-refractivity contribution in [3.63, 3.8) is 0 Å². The van der Waals surface area contributed by atoms with Gasteiger partial charge in [-0.05, 0) is 6.92 Å². The largest absolute Gasteiger partial charge is 0.352 e. The molecule has 0 atom stereocenters. The van der Waals surface area contributed by atoms with Crippen LogP contribution in [0.3, 0.4) is 0 Å². The molecule has 7 nitrogen and oxygen atoms in total. The highest BCUT2D eigenvalue weighted by molar-refractivity contribution is 7.99. The second-order valence-electron chi connectivity index (χ2n) is 2.64. The Morgan fingerprint density at radius 3 is 3.07 bits per heavy atom. The van der Waals surface area contributed by atoms with Crippen LogP contribution in [-0.4, -0.2) is 26.6 Å². The van der Waals surface area contributed by atoms with Gasteiger partial charge < -0.3 is 10.7 Å². The highest BCUT2D eigenvalue weighted by Gasteiger charge is 2.09. The Kier molecular flexibility index (Phi) is 3.69. The molecular formula is C7H9N3O4S. The zero-order chi connectivity index (χ0) is 11.4. The first kappa shape index (κ1) is 11.5. The average molecular weight is 231 g/mol. The molecule has 82 valence electrons. The number of carbonyl (C=O) groups excluding carboxylic acids is 1. The summed E-state index contributed by atoms with van der Waals surface area (Å²) in [6, 6.07) is 1.27. The van der Waals surface area contributed by atoms with Gasteiger partial charge in [-0.3, -0.25) is 4.79 Å². The third-order valence-corrected chi connectivity index (χ3v) is 2.40. The Labute approximate surface area is 88.8 Å². The van der Waals surface area contributed by atoms with E-state index in [1.807, 2.05) is 0 Å². The van der Waals surface area contributed by atoms with Gasteiger partial charge in [-0.25, -0.2) is 14.5 Å². The molecule has 15 heavy (non-hydrogen) atoms. The van der Waals surface area contributed by atoms with Gasteiger partial charge in [0.25, 0.3) is 5.56 Å². The third kappa shape index (κ3) is 2.96. The number of aromatic nitrogens is 2. The van der Waals surface area contributed by atoms with E-state index in [1.54, 1.807) is 6.92 Å². The normalized spacial score (nSPS) is 10.0. The number of nitrogens with two attached hydrogens (primary N) is 1. The summed E-state index contributed by atoms with van der Waals surface area (Å²) in [6.45, 7) is 1.63. The molecule has 0 saturated carbocycles. The Morgan fingerprint density at radius 2 is 2.47 bits per heavy atom. The van der Waals surface area contributed by atoms with Crippen LogP contribution in [0.25, 0.3) is 0 Å². The standard InChI is InChI=1S/C7H9N3O4S/c1-4-2-5(11)10(8)7(9-4)15-3-6(12)14-13/h2,13H,3,8H2,1H3. The minimum absolute atomic E-state index is 0.177. The van der Waals surface area contributed by atoms with Crippen molar-refractivity contribution in [2.45, 2.75) is 12.1 Å². The van der Waals surface area contributed by atoms with Gasteiger partial charge >= 0.3 is 5.97 Å². The molecule has 0 radical (unpaired) electrons. The van der Waals surface area contributed by atoms with E-state index in [2.05, 4.69) is 9.87 Å². The van der Waals surface area contributed by atoms with E-state index in [0.29, 0.717) is 5.69 Å². The number of nitrogen functional groups attached to an aromatic ring is 1. The van der Waals surface area contributed by atoms with Gasteiger partial charge in [0.15, 0.2) is 5.16 Å². The van der Waals surface area contributed by atoms with E-state index in [4.69, 9.17) is 11.1 Å². The lowest BCUT2D eigenvalue weighted by Crippen LogP contribution is -2.29. The Bertz CT molecular complexity index is 431. The molecule has 0 spiro atoms. The van der Waals surface area contributed by atoms with Gasteiger partial charge in [-0.15, -0.1) is 0 Å². The molecule has 0 amide bonds. The number of carbonyl (C=O) groups is 1. The van der Waals surface area contributed by atoms with Crippen molar-refractivity contribution in [3.8, 4) is 0 Å². The predicted molar refractivity (Wildman–Crippen MR) is 52.8 cm³/mol. The van der Waals surface area contributed by atoms with Crippen LogP contribution >= 0.6 is 11.8 Å². The fourth-order valence-corrected chi connectivity index (χ4v) is 1.57. The molecule has 8 heteroatoms. The summed E-state index contributed by atoms with van der Waals surface area (Å²) in [4.78, 5) is 29.2. The molecule has 0 aliphatic rings. The van der Waals surface area contributed by atoms with E-state index in [9.17, 15) is 9.59 Å². The fourth-order valence-electron chi connectivity index (χ4n) is 0.831. The molecule has 1 heterocycles. The Balaban J connectivity index is 2.85. The molecule has 1 rings (SSSR count). The second kappa shape index (κ2) is 4.80. The van der Waals surface area contributed by atoms with E-state index >= 15 is 0 Å². The second-order valence-corrected chi connectivity index (χ2v) is 3.58. The van der Waals surface area contributed by atoms with Crippen molar-refractivity contribution in [1.29, 1.82) is 0 Å². The molecule has 0 saturated heterocycles. The zero-order valence-electron chi connectivity index (χ0n) is 7.84. The first-order chi connectivity index (χ1) is 7.04. The van der Waals surface area contributed by atoms with Crippen LogP contribution in [0.1, 0.15) is 5.69 Å². The molecule has 1 aromatic heterocycles. The summed E-state index contributed by atoms with van der Waals surface area (Å²) in [7, 11) is 0. The molecule has 0 unspecified atom stereocenters. The predicted octanol–water partition coefficient (Wildman–Crippen LogP) is -0.626. The van der Waals surface area contributed by atoms with Crippen molar-refractivity contribution in [2.24, 2.45) is 0 Å². The van der Waals surface area contributed by atoms with E-state index in [-0.39, 0.29) is 10.9 Å². The summed E-state index contributed by atoms with van der Waals surface area (Å²) in [5, 5.41) is 8.19. The Hall–Kier alpha value is -1.54. The van der Waals surface area contributed by atoms with Crippen LogP contribution in [0.5, 0.6) is 0 Å². The summed E-state index contributed by atoms with van der Waals surface area (Å²) < 4.78 is 0.822. The average Bonchev–Trinajstić information content (AvgIpc) is 2.20. The minimum Gasteiger partial charge on any atom is -0.334 e. The summed E-state index contributed by atoms with van der Waals surface area (Å²) in [5.74, 6) is 4.37. The third-order valence-electron chi connectivity index (χ3n) is 1.47. The van der Waals surface area contributed by atoms with Crippen LogP contribution in [0.4, 0.5) is 0 Å². The van der Waals surface area contributed by atoms with Crippen molar-refractivity contribution in [2.75, 3.05) is 11.6 Å². The molecule has 3 N–H and O–H groups in total. The first-order valence-electron chi connectivity index (χ1n) is 3.87. The van der Waals surface area contributed by atoms with Crippen LogP contribution in [-0.2, 0) is 9.68 Å². The van der Waals surface area contributed by atoms with Gasteiger partial charge in [-0.2, -0.15) is 5.26 Å². The maximum Gasteiger partial charge on any atom is 0.352 e. The lowest BCUT2D eigenvalue weighted by atomic mass is 10.5. The number of nitrogens with zero attached hydrogens (tertiary/aromatic N) is 2.